The summed E-state index contributed by atoms with van der Waals surface area (Å²) in [6.45, 7) is 5.39. The van der Waals surface area contributed by atoms with Gasteiger partial charge in [0.25, 0.3) is 5.91 Å². The maximum atomic E-state index is 12.9. The van der Waals surface area contributed by atoms with Gasteiger partial charge in [-0.15, -0.1) is 0 Å². The molecule has 2 amide bonds. The summed E-state index contributed by atoms with van der Waals surface area (Å²) < 4.78 is 5.28. The fraction of sp³-hybridized carbons (Fsp3) is 0.636. The second-order valence-electron chi connectivity index (χ2n) is 7.49. The van der Waals surface area contributed by atoms with Gasteiger partial charge in [-0.1, -0.05) is 25.5 Å². The Labute approximate surface area is 179 Å². The molecule has 0 aliphatic carbocycles. The number of unbranched alkanes of at least 4 members (excludes halogenated alkanes) is 1. The molecule has 1 unspecified atom stereocenters. The van der Waals surface area contributed by atoms with Crippen LogP contribution in [0.2, 0.25) is 0 Å². The summed E-state index contributed by atoms with van der Waals surface area (Å²) in [4.78, 5) is 28.1. The monoisotopic (exact) mass is 421 g/mol. The van der Waals surface area contributed by atoms with Crippen LogP contribution in [-0.2, 0) is 4.79 Å². The molecular weight excluding hydrogens is 386 g/mol. The highest BCUT2D eigenvalue weighted by Crippen LogP contribution is 2.18. The van der Waals surface area contributed by atoms with Crippen molar-refractivity contribution < 1.29 is 14.3 Å². The van der Waals surface area contributed by atoms with Crippen molar-refractivity contribution in [3.63, 3.8) is 0 Å². The van der Waals surface area contributed by atoms with Crippen LogP contribution >= 0.6 is 11.8 Å². The molecule has 1 atom stereocenters. The number of carbonyl (C=O) groups is 2. The lowest BCUT2D eigenvalue weighted by molar-refractivity contribution is -0.124. The zero-order valence-electron chi connectivity index (χ0n) is 17.9. The molecule has 2 N–H and O–H groups in total. The van der Waals surface area contributed by atoms with Gasteiger partial charge in [0.15, 0.2) is 0 Å². The van der Waals surface area contributed by atoms with Gasteiger partial charge in [-0.3, -0.25) is 9.59 Å². The molecule has 29 heavy (non-hydrogen) atoms. The molecule has 1 saturated heterocycles. The SMILES string of the molecule is CCCCN1CCC(NC(=O)C(CCSC)NC(=O)c2ccccc2OC)CC1. The second kappa shape index (κ2) is 12.8. The molecule has 0 aromatic heterocycles. The summed E-state index contributed by atoms with van der Waals surface area (Å²) in [5, 5.41) is 6.08. The quantitative estimate of drug-likeness (QED) is 0.575. The summed E-state index contributed by atoms with van der Waals surface area (Å²) in [6, 6.07) is 6.71. The molecule has 6 nitrogen and oxygen atoms in total. The highest BCUT2D eigenvalue weighted by Gasteiger charge is 2.26. The predicted octanol–water partition coefficient (Wildman–Crippen LogP) is 2.93. The number of nitrogens with one attached hydrogen (secondary N) is 2. The summed E-state index contributed by atoms with van der Waals surface area (Å²) in [7, 11) is 1.54. The molecule has 0 spiro atoms. The molecule has 1 aromatic rings. The van der Waals surface area contributed by atoms with E-state index in [0.29, 0.717) is 17.7 Å². The number of likely N-dealkylation sites (tertiary alicyclic amines) is 1. The Hall–Kier alpha value is -1.73. The highest BCUT2D eigenvalue weighted by molar-refractivity contribution is 7.98. The van der Waals surface area contributed by atoms with Gasteiger partial charge in [0.2, 0.25) is 5.91 Å². The predicted molar refractivity (Wildman–Crippen MR) is 120 cm³/mol. The lowest BCUT2D eigenvalue weighted by atomic mass is 10.0. The number of ether oxygens (including phenoxy) is 1. The number of para-hydroxylation sites is 1. The Morgan fingerprint density at radius 3 is 2.66 bits per heavy atom. The van der Waals surface area contributed by atoms with Crippen molar-refractivity contribution in [1.29, 1.82) is 0 Å². The molecule has 2 rings (SSSR count). The normalized spacial score (nSPS) is 16.2. The van der Waals surface area contributed by atoms with E-state index in [1.165, 1.54) is 20.0 Å². The Balaban J connectivity index is 1.93. The van der Waals surface area contributed by atoms with Gasteiger partial charge in [0, 0.05) is 19.1 Å². The third kappa shape index (κ3) is 7.55. The molecule has 0 radical (unpaired) electrons. The number of carbonyl (C=O) groups excluding carboxylic acids is 2. The maximum absolute atomic E-state index is 12.9. The first-order valence-electron chi connectivity index (χ1n) is 10.5. The van der Waals surface area contributed by atoms with Gasteiger partial charge in [0.05, 0.1) is 12.7 Å². The van der Waals surface area contributed by atoms with Crippen LogP contribution in [0.1, 0.15) is 49.4 Å². The number of nitrogens with zero attached hydrogens (tertiary/aromatic N) is 1. The van der Waals surface area contributed by atoms with Crippen LogP contribution in [0, 0.1) is 0 Å². The van der Waals surface area contributed by atoms with Crippen LogP contribution < -0.4 is 15.4 Å². The van der Waals surface area contributed by atoms with Crippen molar-refractivity contribution in [2.45, 2.75) is 51.1 Å². The van der Waals surface area contributed by atoms with Crippen LogP contribution in [0.4, 0.5) is 0 Å². The van der Waals surface area contributed by atoms with Crippen molar-refractivity contribution in [2.75, 3.05) is 38.8 Å². The minimum Gasteiger partial charge on any atom is -0.496 e. The first-order valence-corrected chi connectivity index (χ1v) is 11.9. The van der Waals surface area contributed by atoms with Crippen LogP contribution in [-0.4, -0.2) is 67.6 Å². The lowest BCUT2D eigenvalue weighted by Gasteiger charge is -2.33. The summed E-state index contributed by atoms with van der Waals surface area (Å²) in [5.74, 6) is 0.945. The van der Waals surface area contributed by atoms with E-state index < -0.39 is 6.04 Å². The molecule has 162 valence electrons. The van der Waals surface area contributed by atoms with E-state index in [1.807, 2.05) is 12.3 Å². The van der Waals surface area contributed by atoms with E-state index in [1.54, 1.807) is 30.0 Å². The van der Waals surface area contributed by atoms with Crippen molar-refractivity contribution in [3.8, 4) is 5.75 Å². The Morgan fingerprint density at radius 1 is 1.28 bits per heavy atom. The fourth-order valence-electron chi connectivity index (χ4n) is 3.56. The summed E-state index contributed by atoms with van der Waals surface area (Å²) in [5.41, 5.74) is 0.446. The average molecular weight is 422 g/mol. The minimum atomic E-state index is -0.544. The van der Waals surface area contributed by atoms with Crippen LogP contribution in [0.15, 0.2) is 24.3 Å². The van der Waals surface area contributed by atoms with Gasteiger partial charge in [-0.25, -0.2) is 0 Å². The van der Waals surface area contributed by atoms with E-state index >= 15 is 0 Å². The lowest BCUT2D eigenvalue weighted by Crippen LogP contribution is -2.52. The van der Waals surface area contributed by atoms with Crippen molar-refractivity contribution in [2.24, 2.45) is 0 Å². The number of hydrogen-bond donors (Lipinski definition) is 2. The third-order valence-electron chi connectivity index (χ3n) is 5.35. The largest absolute Gasteiger partial charge is 0.496 e. The van der Waals surface area contributed by atoms with E-state index in [-0.39, 0.29) is 17.9 Å². The first kappa shape index (κ1) is 23.5. The van der Waals surface area contributed by atoms with E-state index in [0.717, 1.165) is 38.2 Å². The van der Waals surface area contributed by atoms with Gasteiger partial charge >= 0.3 is 0 Å². The molecule has 7 heteroatoms. The Morgan fingerprint density at radius 2 is 2.00 bits per heavy atom. The minimum absolute atomic E-state index is 0.0886. The average Bonchev–Trinajstić information content (AvgIpc) is 2.75. The third-order valence-corrected chi connectivity index (χ3v) is 5.99. The smallest absolute Gasteiger partial charge is 0.255 e. The maximum Gasteiger partial charge on any atom is 0.255 e. The fourth-order valence-corrected chi connectivity index (χ4v) is 4.03. The highest BCUT2D eigenvalue weighted by atomic mass is 32.2. The number of methoxy groups -OCH3 is 1. The van der Waals surface area contributed by atoms with Crippen molar-refractivity contribution in [3.05, 3.63) is 29.8 Å². The number of hydrogen-bond acceptors (Lipinski definition) is 5. The molecule has 1 aliphatic rings. The number of thioether (sulfide) groups is 1. The zero-order chi connectivity index (χ0) is 21.1. The summed E-state index contributed by atoms with van der Waals surface area (Å²) >= 11 is 1.67. The molecule has 0 bridgehead atoms. The van der Waals surface area contributed by atoms with Crippen LogP contribution in [0.25, 0.3) is 0 Å². The number of amides is 2. The van der Waals surface area contributed by atoms with E-state index in [9.17, 15) is 9.59 Å². The molecule has 1 heterocycles. The standard InChI is InChI=1S/C22H35N3O3S/c1-4-5-13-25-14-10-17(11-15-25)23-22(27)19(12-16-29-3)24-21(26)18-8-6-7-9-20(18)28-2/h6-9,17,19H,4-5,10-16H2,1-3H3,(H,23,27)(H,24,26). The topological polar surface area (TPSA) is 70.7 Å². The number of rotatable bonds is 11. The van der Waals surface area contributed by atoms with E-state index in [4.69, 9.17) is 4.74 Å². The number of piperidine rings is 1. The van der Waals surface area contributed by atoms with Crippen molar-refractivity contribution >= 4 is 23.6 Å². The molecular formula is C22H35N3O3S. The van der Waals surface area contributed by atoms with Gasteiger partial charge in [-0.05, 0) is 56.4 Å². The van der Waals surface area contributed by atoms with Gasteiger partial charge in [-0.2, -0.15) is 11.8 Å². The Kier molecular flexibility index (Phi) is 10.4. The van der Waals surface area contributed by atoms with Gasteiger partial charge in [0.1, 0.15) is 11.8 Å². The Bertz CT molecular complexity index is 648. The zero-order valence-corrected chi connectivity index (χ0v) is 18.7. The van der Waals surface area contributed by atoms with Crippen molar-refractivity contribution in [1.82, 2.24) is 15.5 Å². The van der Waals surface area contributed by atoms with Crippen LogP contribution in [0.5, 0.6) is 5.75 Å². The van der Waals surface area contributed by atoms with Gasteiger partial charge < -0.3 is 20.3 Å². The molecule has 1 aromatic carbocycles. The second-order valence-corrected chi connectivity index (χ2v) is 8.47. The molecule has 0 saturated carbocycles. The molecule has 1 aliphatic heterocycles. The van der Waals surface area contributed by atoms with Crippen LogP contribution in [0.3, 0.4) is 0 Å². The number of benzene rings is 1. The summed E-state index contributed by atoms with van der Waals surface area (Å²) in [6.07, 6.45) is 6.96. The molecule has 1 fully saturated rings. The first-order chi connectivity index (χ1) is 14.1. The van der Waals surface area contributed by atoms with E-state index in [2.05, 4.69) is 22.5 Å².